The van der Waals surface area contributed by atoms with Gasteiger partial charge >= 0.3 is 0 Å². The van der Waals surface area contributed by atoms with Gasteiger partial charge in [-0.3, -0.25) is 9.59 Å². The van der Waals surface area contributed by atoms with Gasteiger partial charge in [0, 0.05) is 30.4 Å². The van der Waals surface area contributed by atoms with Crippen LogP contribution in [-0.2, 0) is 11.2 Å². The maximum Gasteiger partial charge on any atom is 0.269 e. The van der Waals surface area contributed by atoms with Gasteiger partial charge in [-0.25, -0.2) is 8.96 Å². The summed E-state index contributed by atoms with van der Waals surface area (Å²) in [6.45, 7) is 6.16. The van der Waals surface area contributed by atoms with Crippen molar-refractivity contribution in [3.8, 4) is 11.5 Å². The van der Waals surface area contributed by atoms with Crippen LogP contribution < -0.4 is 15.6 Å². The quantitative estimate of drug-likeness (QED) is 0.523. The number of hydrogen-bond acceptors (Lipinski definition) is 6. The van der Waals surface area contributed by atoms with Crippen LogP contribution in [0.25, 0.3) is 0 Å². The van der Waals surface area contributed by atoms with E-state index in [9.17, 15) is 14.7 Å². The summed E-state index contributed by atoms with van der Waals surface area (Å²) in [7, 11) is 0. The Kier molecular flexibility index (Phi) is 5.55. The van der Waals surface area contributed by atoms with Crippen LogP contribution in [0.2, 0.25) is 0 Å². The van der Waals surface area contributed by atoms with Gasteiger partial charge in [0.1, 0.15) is 23.1 Å². The maximum atomic E-state index is 12.9. The Labute approximate surface area is 162 Å². The lowest BCUT2D eigenvalue weighted by molar-refractivity contribution is -0.116. The third-order valence-electron chi connectivity index (χ3n) is 4.34. The number of aromatic nitrogens is 2. The predicted octanol–water partition coefficient (Wildman–Crippen LogP) is 2.63. The molecule has 0 saturated carbocycles. The molecule has 1 aromatic heterocycles. The van der Waals surface area contributed by atoms with Crippen molar-refractivity contribution in [1.29, 1.82) is 0 Å². The van der Waals surface area contributed by atoms with E-state index in [1.165, 1.54) is 6.07 Å². The molecule has 2 heterocycles. The number of amides is 1. The minimum Gasteiger partial charge on any atom is -0.508 e. The van der Waals surface area contributed by atoms with Crippen LogP contribution in [0.5, 0.6) is 11.5 Å². The highest BCUT2D eigenvalue weighted by atomic mass is 32.1. The molecule has 0 fully saturated rings. The standard InChI is InChI=1S/C19H21N3O4S/c1-3-5-15-20-18-17(19(25)22(15)27)13(10-16(24)21-18)12-7-6-11(9-14(12)23)26-8-4-2/h3,6-7,9,13,23,27H,1,4-5,8,10H2,2H3,(H,21,24). The summed E-state index contributed by atoms with van der Waals surface area (Å²) < 4.78 is 6.67. The number of nitrogens with zero attached hydrogens (tertiary/aromatic N) is 2. The van der Waals surface area contributed by atoms with Crippen LogP contribution in [0.15, 0.2) is 35.6 Å². The molecule has 0 aliphatic carbocycles. The van der Waals surface area contributed by atoms with Crippen LogP contribution in [0, 0.1) is 0 Å². The zero-order valence-electron chi connectivity index (χ0n) is 14.9. The smallest absolute Gasteiger partial charge is 0.269 e. The first kappa shape index (κ1) is 19.0. The van der Waals surface area contributed by atoms with Gasteiger partial charge in [-0.2, -0.15) is 0 Å². The number of anilines is 1. The zero-order valence-corrected chi connectivity index (χ0v) is 15.8. The van der Waals surface area contributed by atoms with Gasteiger partial charge in [0.05, 0.1) is 12.2 Å². The number of phenols is 1. The number of ether oxygens (including phenoxy) is 1. The van der Waals surface area contributed by atoms with Gasteiger partial charge in [-0.15, -0.1) is 6.58 Å². The molecule has 1 aromatic carbocycles. The van der Waals surface area contributed by atoms with E-state index < -0.39 is 5.92 Å². The molecule has 0 saturated heterocycles. The van der Waals surface area contributed by atoms with Crippen LogP contribution in [-0.4, -0.2) is 26.6 Å². The second-order valence-corrected chi connectivity index (χ2v) is 6.67. The van der Waals surface area contributed by atoms with Crippen molar-refractivity contribution in [3.05, 3.63) is 58.2 Å². The summed E-state index contributed by atoms with van der Waals surface area (Å²) in [6, 6.07) is 4.89. The number of rotatable bonds is 6. The van der Waals surface area contributed by atoms with E-state index in [0.29, 0.717) is 35.7 Å². The van der Waals surface area contributed by atoms with E-state index in [4.69, 9.17) is 4.74 Å². The molecule has 7 nitrogen and oxygen atoms in total. The van der Waals surface area contributed by atoms with Crippen LogP contribution >= 0.6 is 12.8 Å². The average molecular weight is 387 g/mol. The maximum absolute atomic E-state index is 12.9. The number of nitrogens with one attached hydrogen (secondary N) is 1. The molecule has 1 atom stereocenters. The van der Waals surface area contributed by atoms with Crippen LogP contribution in [0.4, 0.5) is 5.82 Å². The second kappa shape index (κ2) is 7.87. The molecule has 8 heteroatoms. The number of carbonyl (C=O) groups is 1. The van der Waals surface area contributed by atoms with E-state index in [1.54, 1.807) is 18.2 Å². The largest absolute Gasteiger partial charge is 0.508 e. The SMILES string of the molecule is C=CCc1nc2c(c(=O)n1S)C(c1ccc(OCCC)cc1O)CC(=O)N2. The molecule has 27 heavy (non-hydrogen) atoms. The summed E-state index contributed by atoms with van der Waals surface area (Å²) in [5, 5.41) is 13.1. The van der Waals surface area contributed by atoms with Crippen LogP contribution in [0.3, 0.4) is 0 Å². The molecule has 2 aromatic rings. The van der Waals surface area contributed by atoms with E-state index in [-0.39, 0.29) is 29.5 Å². The molecule has 1 aliphatic heterocycles. The Morgan fingerprint density at radius 2 is 2.26 bits per heavy atom. The summed E-state index contributed by atoms with van der Waals surface area (Å²) in [5.41, 5.74) is 0.393. The third kappa shape index (κ3) is 3.71. The summed E-state index contributed by atoms with van der Waals surface area (Å²) >= 11 is 4.23. The van der Waals surface area contributed by atoms with Gasteiger partial charge in [-0.1, -0.05) is 31.9 Å². The van der Waals surface area contributed by atoms with Gasteiger partial charge < -0.3 is 15.2 Å². The summed E-state index contributed by atoms with van der Waals surface area (Å²) in [4.78, 5) is 29.4. The second-order valence-electron chi connectivity index (χ2n) is 6.27. The topological polar surface area (TPSA) is 93.5 Å². The van der Waals surface area contributed by atoms with E-state index in [0.717, 1.165) is 10.4 Å². The van der Waals surface area contributed by atoms with E-state index in [2.05, 4.69) is 29.7 Å². The fourth-order valence-corrected chi connectivity index (χ4v) is 3.34. The Hall–Kier alpha value is -2.74. The van der Waals surface area contributed by atoms with Gasteiger partial charge in [0.25, 0.3) is 5.56 Å². The summed E-state index contributed by atoms with van der Waals surface area (Å²) in [5.74, 6) is 0.190. The lowest BCUT2D eigenvalue weighted by atomic mass is 9.86. The molecular formula is C19H21N3O4S. The minimum atomic E-state index is -0.620. The molecule has 2 N–H and O–H groups in total. The van der Waals surface area contributed by atoms with Gasteiger partial charge in [-0.05, 0) is 12.5 Å². The Balaban J connectivity index is 2.09. The lowest BCUT2D eigenvalue weighted by Gasteiger charge is -2.26. The normalized spacial score (nSPS) is 15.8. The van der Waals surface area contributed by atoms with Crippen molar-refractivity contribution in [3.63, 3.8) is 0 Å². The first-order valence-electron chi connectivity index (χ1n) is 8.67. The van der Waals surface area contributed by atoms with Crippen molar-refractivity contribution in [1.82, 2.24) is 8.96 Å². The Bertz CT molecular complexity index is 955. The molecule has 142 valence electrons. The number of fused-ring (bicyclic) bond motifs is 1. The molecule has 1 aliphatic rings. The molecule has 0 bridgehead atoms. The third-order valence-corrected chi connectivity index (χ3v) is 4.75. The highest BCUT2D eigenvalue weighted by molar-refractivity contribution is 7.78. The first-order valence-corrected chi connectivity index (χ1v) is 9.07. The Morgan fingerprint density at radius 3 is 2.93 bits per heavy atom. The number of benzene rings is 1. The lowest BCUT2D eigenvalue weighted by Crippen LogP contribution is -2.34. The highest BCUT2D eigenvalue weighted by Gasteiger charge is 2.33. The summed E-state index contributed by atoms with van der Waals surface area (Å²) in [6.07, 6.45) is 2.81. The zero-order chi connectivity index (χ0) is 19.6. The number of aromatic hydroxyl groups is 1. The minimum absolute atomic E-state index is 0.0290. The number of allylic oxidation sites excluding steroid dienone is 1. The molecule has 1 unspecified atom stereocenters. The predicted molar refractivity (Wildman–Crippen MR) is 106 cm³/mol. The average Bonchev–Trinajstić information content (AvgIpc) is 2.63. The number of thiol groups is 1. The molecule has 0 spiro atoms. The van der Waals surface area contributed by atoms with E-state index in [1.807, 2.05) is 6.92 Å². The van der Waals surface area contributed by atoms with Crippen LogP contribution in [0.1, 0.15) is 42.6 Å². The highest BCUT2D eigenvalue weighted by Crippen LogP contribution is 2.39. The number of phenolic OH excluding ortho intramolecular Hbond substituents is 1. The fourth-order valence-electron chi connectivity index (χ4n) is 3.10. The Morgan fingerprint density at radius 1 is 1.48 bits per heavy atom. The van der Waals surface area contributed by atoms with Crippen molar-refractivity contribution < 1.29 is 14.6 Å². The van der Waals surface area contributed by atoms with Crippen molar-refractivity contribution in [2.24, 2.45) is 0 Å². The van der Waals surface area contributed by atoms with Crippen molar-refractivity contribution >= 4 is 24.5 Å². The van der Waals surface area contributed by atoms with Gasteiger partial charge in [0.2, 0.25) is 5.91 Å². The molecular weight excluding hydrogens is 366 g/mol. The van der Waals surface area contributed by atoms with Gasteiger partial charge in [0.15, 0.2) is 0 Å². The molecule has 0 radical (unpaired) electrons. The molecule has 3 rings (SSSR count). The van der Waals surface area contributed by atoms with Crippen molar-refractivity contribution in [2.45, 2.75) is 32.1 Å². The fraction of sp³-hybridized carbons (Fsp3) is 0.316. The number of hydrogen-bond donors (Lipinski definition) is 3. The monoisotopic (exact) mass is 387 g/mol. The molecule has 1 amide bonds. The first-order chi connectivity index (χ1) is 13.0. The van der Waals surface area contributed by atoms with Crippen molar-refractivity contribution in [2.75, 3.05) is 11.9 Å². The number of carbonyl (C=O) groups excluding carboxylic acids is 1. The van der Waals surface area contributed by atoms with E-state index >= 15 is 0 Å².